The van der Waals surface area contributed by atoms with E-state index in [1.54, 1.807) is 11.3 Å². The molecule has 0 saturated heterocycles. The fraction of sp³-hybridized carbons (Fsp3) is 0.750. The third-order valence-corrected chi connectivity index (χ3v) is 6.98. The molecule has 4 rings (SSSR count). The second-order valence-electron chi connectivity index (χ2n) is 7.13. The van der Waals surface area contributed by atoms with Gasteiger partial charge in [-0.15, -0.1) is 11.3 Å². The van der Waals surface area contributed by atoms with Crippen LogP contribution >= 0.6 is 22.9 Å². The zero-order valence-corrected chi connectivity index (χ0v) is 13.2. The molecule has 110 valence electrons. The lowest BCUT2D eigenvalue weighted by Crippen LogP contribution is -2.57. The smallest absolute Gasteiger partial charge is 0.0931 e. The van der Waals surface area contributed by atoms with Crippen molar-refractivity contribution in [3.05, 3.63) is 21.3 Å². The molecule has 3 saturated carbocycles. The normalized spacial score (nSPS) is 42.9. The maximum Gasteiger partial charge on any atom is 0.0931 e. The monoisotopic (exact) mass is 311 g/mol. The van der Waals surface area contributed by atoms with E-state index in [1.807, 2.05) is 6.07 Å². The molecule has 5 atom stereocenters. The highest BCUT2D eigenvalue weighted by molar-refractivity contribution is 7.16. The Morgan fingerprint density at radius 3 is 3.00 bits per heavy atom. The Morgan fingerprint density at radius 1 is 1.30 bits per heavy atom. The zero-order chi connectivity index (χ0) is 13.7. The van der Waals surface area contributed by atoms with Crippen LogP contribution in [0.25, 0.3) is 0 Å². The van der Waals surface area contributed by atoms with Gasteiger partial charge in [0.15, 0.2) is 0 Å². The van der Waals surface area contributed by atoms with Crippen molar-refractivity contribution in [1.29, 1.82) is 0 Å². The summed E-state index contributed by atoms with van der Waals surface area (Å²) in [6, 6.07) is 4.56. The Bertz CT molecular complexity index is 500. The van der Waals surface area contributed by atoms with Crippen LogP contribution in [0.2, 0.25) is 4.34 Å². The van der Waals surface area contributed by atoms with Gasteiger partial charge in [0.25, 0.3) is 0 Å². The van der Waals surface area contributed by atoms with Crippen molar-refractivity contribution in [3.63, 3.8) is 0 Å². The van der Waals surface area contributed by atoms with Crippen molar-refractivity contribution in [2.24, 2.45) is 17.8 Å². The van der Waals surface area contributed by atoms with E-state index in [9.17, 15) is 5.11 Å². The van der Waals surface area contributed by atoms with Crippen LogP contribution in [-0.2, 0) is 6.54 Å². The minimum atomic E-state index is -0.380. The Kier molecular flexibility index (Phi) is 3.38. The molecule has 20 heavy (non-hydrogen) atoms. The van der Waals surface area contributed by atoms with Gasteiger partial charge in [-0.2, -0.15) is 0 Å². The first-order valence-corrected chi connectivity index (χ1v) is 9.01. The molecule has 0 aromatic carbocycles. The minimum Gasteiger partial charge on any atom is -0.390 e. The van der Waals surface area contributed by atoms with Gasteiger partial charge in [-0.1, -0.05) is 11.6 Å². The fourth-order valence-corrected chi connectivity index (χ4v) is 6.11. The Morgan fingerprint density at radius 2 is 2.20 bits per heavy atom. The molecule has 3 fully saturated rings. The second-order valence-corrected chi connectivity index (χ2v) is 8.93. The van der Waals surface area contributed by atoms with Crippen LogP contribution in [0.1, 0.15) is 43.4 Å². The molecule has 5 unspecified atom stereocenters. The molecule has 3 aliphatic carbocycles. The summed E-state index contributed by atoms with van der Waals surface area (Å²) < 4.78 is 0.862. The summed E-state index contributed by atoms with van der Waals surface area (Å²) in [7, 11) is 0. The number of aliphatic hydroxyl groups is 1. The number of rotatable bonds is 3. The summed E-state index contributed by atoms with van der Waals surface area (Å²) >= 11 is 7.65. The summed E-state index contributed by atoms with van der Waals surface area (Å²) in [5.74, 6) is 2.33. The molecule has 0 aliphatic heterocycles. The zero-order valence-electron chi connectivity index (χ0n) is 11.6. The van der Waals surface area contributed by atoms with E-state index in [0.717, 1.165) is 47.9 Å². The average molecular weight is 312 g/mol. The van der Waals surface area contributed by atoms with E-state index >= 15 is 0 Å². The van der Waals surface area contributed by atoms with E-state index in [0.29, 0.717) is 6.04 Å². The summed E-state index contributed by atoms with van der Waals surface area (Å²) in [4.78, 5) is 1.30. The molecule has 1 aromatic rings. The van der Waals surface area contributed by atoms with Crippen molar-refractivity contribution >= 4 is 22.9 Å². The summed E-state index contributed by atoms with van der Waals surface area (Å²) in [6.45, 7) is 0.894. The van der Waals surface area contributed by atoms with Gasteiger partial charge in [0, 0.05) is 17.5 Å². The van der Waals surface area contributed by atoms with Crippen molar-refractivity contribution in [2.45, 2.75) is 56.7 Å². The lowest BCUT2D eigenvalue weighted by molar-refractivity contribution is -0.120. The first kappa shape index (κ1) is 13.6. The number of thiophene rings is 1. The molecule has 0 radical (unpaired) electrons. The van der Waals surface area contributed by atoms with Crippen LogP contribution < -0.4 is 5.32 Å². The number of nitrogens with one attached hydrogen (secondary N) is 1. The summed E-state index contributed by atoms with van der Waals surface area (Å²) in [6.07, 6.45) is 7.08. The van der Waals surface area contributed by atoms with E-state index in [-0.39, 0.29) is 5.60 Å². The van der Waals surface area contributed by atoms with Crippen molar-refractivity contribution in [3.8, 4) is 0 Å². The van der Waals surface area contributed by atoms with Crippen LogP contribution in [0.3, 0.4) is 0 Å². The molecule has 0 spiro atoms. The standard InChI is InChI=1S/C16H22ClNOS/c17-15-4-2-12(20-15)9-18-14-8-16(19)6-10-1-3-13(14)11(5-10)7-16/h2,4,10-11,13-14,18-19H,1,3,5-9H2. The lowest BCUT2D eigenvalue weighted by atomic mass is 9.54. The van der Waals surface area contributed by atoms with E-state index in [2.05, 4.69) is 11.4 Å². The second kappa shape index (κ2) is 4.98. The Hall–Kier alpha value is -0.0900. The van der Waals surface area contributed by atoms with Gasteiger partial charge in [0.1, 0.15) is 0 Å². The average Bonchev–Trinajstić information content (AvgIpc) is 2.79. The van der Waals surface area contributed by atoms with Crippen LogP contribution in [-0.4, -0.2) is 16.7 Å². The fourth-order valence-electron chi connectivity index (χ4n) is 5.07. The highest BCUT2D eigenvalue weighted by Crippen LogP contribution is 2.54. The molecular weight excluding hydrogens is 290 g/mol. The highest BCUT2D eigenvalue weighted by atomic mass is 35.5. The Balaban J connectivity index is 1.47. The molecule has 0 amide bonds. The maximum atomic E-state index is 10.8. The minimum absolute atomic E-state index is 0.380. The third kappa shape index (κ3) is 2.43. The van der Waals surface area contributed by atoms with Crippen molar-refractivity contribution in [2.75, 3.05) is 0 Å². The molecule has 1 heterocycles. The molecule has 2 N–H and O–H groups in total. The molecule has 2 nitrogen and oxygen atoms in total. The van der Waals surface area contributed by atoms with E-state index < -0.39 is 0 Å². The van der Waals surface area contributed by atoms with Crippen LogP contribution in [0, 0.1) is 17.8 Å². The quantitative estimate of drug-likeness (QED) is 0.889. The number of hydrogen-bond donors (Lipinski definition) is 2. The van der Waals surface area contributed by atoms with Gasteiger partial charge in [-0.25, -0.2) is 0 Å². The molecule has 3 aliphatic rings. The largest absolute Gasteiger partial charge is 0.390 e. The van der Waals surface area contributed by atoms with Crippen molar-refractivity contribution < 1.29 is 5.11 Å². The predicted molar refractivity (Wildman–Crippen MR) is 83.1 cm³/mol. The highest BCUT2D eigenvalue weighted by Gasteiger charge is 2.51. The van der Waals surface area contributed by atoms with Crippen LogP contribution in [0.15, 0.2) is 12.1 Å². The third-order valence-electron chi connectivity index (χ3n) is 5.74. The van der Waals surface area contributed by atoms with Gasteiger partial charge >= 0.3 is 0 Å². The van der Waals surface area contributed by atoms with Crippen molar-refractivity contribution in [1.82, 2.24) is 5.32 Å². The van der Waals surface area contributed by atoms with Gasteiger partial charge in [0.05, 0.1) is 9.94 Å². The molecule has 3 bridgehead atoms. The number of halogens is 1. The number of fused-ring (bicyclic) bond motifs is 2. The summed E-state index contributed by atoms with van der Waals surface area (Å²) in [5, 5.41) is 14.6. The SMILES string of the molecule is OC12CC3CCC(C(C3)C1)C(NCc1ccc(Cl)s1)C2. The first-order chi connectivity index (χ1) is 9.61. The van der Waals surface area contributed by atoms with Gasteiger partial charge < -0.3 is 10.4 Å². The Labute approximate surface area is 129 Å². The maximum absolute atomic E-state index is 10.8. The van der Waals surface area contributed by atoms with Gasteiger partial charge in [-0.3, -0.25) is 0 Å². The predicted octanol–water partition coefficient (Wildman–Crippen LogP) is 3.82. The lowest BCUT2D eigenvalue weighted by Gasteiger charge is -2.55. The molecule has 1 aromatic heterocycles. The van der Waals surface area contributed by atoms with Gasteiger partial charge in [0.2, 0.25) is 0 Å². The van der Waals surface area contributed by atoms with Gasteiger partial charge in [-0.05, 0) is 68.4 Å². The van der Waals surface area contributed by atoms with Crippen LogP contribution in [0.5, 0.6) is 0 Å². The number of hydrogen-bond acceptors (Lipinski definition) is 3. The van der Waals surface area contributed by atoms with E-state index in [1.165, 1.54) is 24.1 Å². The topological polar surface area (TPSA) is 32.3 Å². The van der Waals surface area contributed by atoms with Crippen LogP contribution in [0.4, 0.5) is 0 Å². The summed E-state index contributed by atoms with van der Waals surface area (Å²) in [5.41, 5.74) is -0.380. The first-order valence-electron chi connectivity index (χ1n) is 7.81. The molecular formula is C16H22ClNOS. The molecule has 4 heteroatoms. The van der Waals surface area contributed by atoms with E-state index in [4.69, 9.17) is 11.6 Å².